The van der Waals surface area contributed by atoms with Crippen molar-refractivity contribution in [1.29, 1.82) is 0 Å². The summed E-state index contributed by atoms with van der Waals surface area (Å²) < 4.78 is 12.2. The molecule has 0 aliphatic carbocycles. The Balaban J connectivity index is 1.55. The molecule has 0 saturated carbocycles. The molecule has 3 rings (SSSR count). The predicted octanol–water partition coefficient (Wildman–Crippen LogP) is 2.49. The number of carbonyl (C=O) groups excluding carboxylic acids is 1. The van der Waals surface area contributed by atoms with Gasteiger partial charge in [-0.2, -0.15) is 4.98 Å². The molecule has 1 amide bonds. The first kappa shape index (κ1) is 21.4. The highest BCUT2D eigenvalue weighted by Crippen LogP contribution is 2.27. The monoisotopic (exact) mass is 430 g/mol. The second-order valence-corrected chi connectivity index (χ2v) is 6.83. The first-order chi connectivity index (χ1) is 14.5. The summed E-state index contributed by atoms with van der Waals surface area (Å²) in [6, 6.07) is 6.73. The second-order valence-electron chi connectivity index (χ2n) is 6.44. The fourth-order valence-corrected chi connectivity index (χ4v) is 2.96. The number of hydrogen-bond donors (Lipinski definition) is 2. The van der Waals surface area contributed by atoms with Crippen molar-refractivity contribution in [3.8, 4) is 17.4 Å². The average Bonchev–Trinajstić information content (AvgIpc) is 3.28. The molecule has 0 fully saturated rings. The van der Waals surface area contributed by atoms with E-state index in [0.29, 0.717) is 36.2 Å². The first-order valence-electron chi connectivity index (χ1n) is 9.28. The number of halogens is 1. The Labute approximate surface area is 179 Å². The number of ether oxygens (including phenoxy) is 2. The summed E-state index contributed by atoms with van der Waals surface area (Å²) in [4.78, 5) is 24.9. The molecule has 0 radical (unpaired) electrons. The van der Waals surface area contributed by atoms with Crippen LogP contribution < -0.4 is 20.1 Å². The molecule has 0 aliphatic heterocycles. The lowest BCUT2D eigenvalue weighted by Gasteiger charge is -2.15. The van der Waals surface area contributed by atoms with Crippen LogP contribution in [0.3, 0.4) is 0 Å². The van der Waals surface area contributed by atoms with Crippen LogP contribution in [0.2, 0.25) is 5.15 Å². The summed E-state index contributed by atoms with van der Waals surface area (Å²) in [5.74, 6) is 1.98. The Hall–Kier alpha value is -3.33. The predicted molar refractivity (Wildman–Crippen MR) is 114 cm³/mol. The molecule has 2 aromatic heterocycles. The number of methoxy groups -OCH3 is 2. The minimum absolute atomic E-state index is 0.158. The molecule has 1 atom stereocenters. The lowest BCUT2D eigenvalue weighted by molar-refractivity contribution is -0.121. The van der Waals surface area contributed by atoms with Crippen LogP contribution in [0.25, 0.3) is 5.95 Å². The van der Waals surface area contributed by atoms with Gasteiger partial charge >= 0.3 is 0 Å². The Kier molecular flexibility index (Phi) is 7.08. The highest BCUT2D eigenvalue weighted by Gasteiger charge is 2.14. The summed E-state index contributed by atoms with van der Waals surface area (Å²) in [6.45, 7) is 2.23. The van der Waals surface area contributed by atoms with E-state index in [1.807, 2.05) is 18.2 Å². The smallest absolute Gasteiger partial charge is 0.242 e. The number of hydrogen-bond acceptors (Lipinski definition) is 7. The number of carbonyl (C=O) groups is 1. The van der Waals surface area contributed by atoms with Crippen molar-refractivity contribution in [2.45, 2.75) is 19.4 Å². The van der Waals surface area contributed by atoms with Gasteiger partial charge in [0, 0.05) is 25.0 Å². The summed E-state index contributed by atoms with van der Waals surface area (Å²) in [7, 11) is 3.18. The van der Waals surface area contributed by atoms with E-state index < -0.39 is 6.04 Å². The first-order valence-corrected chi connectivity index (χ1v) is 9.66. The highest BCUT2D eigenvalue weighted by atomic mass is 35.5. The van der Waals surface area contributed by atoms with Crippen LogP contribution in [-0.2, 0) is 11.2 Å². The van der Waals surface area contributed by atoms with E-state index in [0.717, 1.165) is 5.56 Å². The van der Waals surface area contributed by atoms with E-state index in [9.17, 15) is 4.79 Å². The van der Waals surface area contributed by atoms with E-state index in [-0.39, 0.29) is 11.1 Å². The molecule has 0 spiro atoms. The fraction of sp³-hybridized carbons (Fsp3) is 0.300. The molecule has 158 valence electrons. The van der Waals surface area contributed by atoms with Crippen LogP contribution in [0.4, 0.5) is 5.82 Å². The maximum absolute atomic E-state index is 12.4. The number of nitrogens with zero attached hydrogens (tertiary/aromatic N) is 4. The highest BCUT2D eigenvalue weighted by molar-refractivity contribution is 6.29. The molecule has 30 heavy (non-hydrogen) atoms. The van der Waals surface area contributed by atoms with Gasteiger partial charge in [-0.25, -0.2) is 9.97 Å². The molecule has 0 bridgehead atoms. The standard InChI is InChI=1S/C20H23ClN6O3/c1-13(24-18-11-17(21)25-20(26-18)27-9-8-22-12-27)19(28)23-7-6-14-4-5-15(29-2)16(10-14)30-3/h4-5,8-13H,6-7H2,1-3H3,(H,23,28)(H,24,25,26). The lowest BCUT2D eigenvalue weighted by Crippen LogP contribution is -2.38. The van der Waals surface area contributed by atoms with Crippen LogP contribution in [0.1, 0.15) is 12.5 Å². The molecule has 2 N–H and O–H groups in total. The second kappa shape index (κ2) is 9.93. The minimum Gasteiger partial charge on any atom is -0.493 e. The van der Waals surface area contributed by atoms with Gasteiger partial charge in [0.05, 0.1) is 14.2 Å². The zero-order valence-electron chi connectivity index (χ0n) is 16.9. The number of imidazole rings is 1. The number of aromatic nitrogens is 4. The summed E-state index contributed by atoms with van der Waals surface area (Å²) in [5, 5.41) is 6.22. The van der Waals surface area contributed by atoms with Crippen molar-refractivity contribution in [2.24, 2.45) is 0 Å². The normalized spacial score (nSPS) is 11.6. The van der Waals surface area contributed by atoms with Gasteiger partial charge in [-0.15, -0.1) is 0 Å². The summed E-state index contributed by atoms with van der Waals surface area (Å²) in [5.41, 5.74) is 1.03. The topological polar surface area (TPSA) is 103 Å². The molecule has 10 heteroatoms. The van der Waals surface area contributed by atoms with Gasteiger partial charge in [-0.05, 0) is 31.0 Å². The van der Waals surface area contributed by atoms with Crippen LogP contribution in [0.15, 0.2) is 43.0 Å². The number of benzene rings is 1. The maximum atomic E-state index is 12.4. The van der Waals surface area contributed by atoms with E-state index >= 15 is 0 Å². The quantitative estimate of drug-likeness (QED) is 0.502. The van der Waals surface area contributed by atoms with Crippen molar-refractivity contribution >= 4 is 23.3 Å². The van der Waals surface area contributed by atoms with Gasteiger partial charge in [0.15, 0.2) is 11.5 Å². The van der Waals surface area contributed by atoms with E-state index in [1.165, 1.54) is 0 Å². The zero-order chi connectivity index (χ0) is 21.5. The van der Waals surface area contributed by atoms with Crippen molar-refractivity contribution in [2.75, 3.05) is 26.1 Å². The Morgan fingerprint density at radius 3 is 2.70 bits per heavy atom. The lowest BCUT2D eigenvalue weighted by atomic mass is 10.1. The van der Waals surface area contributed by atoms with Crippen molar-refractivity contribution in [3.63, 3.8) is 0 Å². The van der Waals surface area contributed by atoms with Crippen LogP contribution in [0.5, 0.6) is 11.5 Å². The van der Waals surface area contributed by atoms with Gasteiger partial charge in [-0.1, -0.05) is 17.7 Å². The van der Waals surface area contributed by atoms with E-state index in [4.69, 9.17) is 21.1 Å². The molecule has 9 nitrogen and oxygen atoms in total. The Morgan fingerprint density at radius 2 is 2.00 bits per heavy atom. The Bertz CT molecular complexity index is 996. The molecule has 1 unspecified atom stereocenters. The molecule has 1 aromatic carbocycles. The number of anilines is 1. The van der Waals surface area contributed by atoms with Gasteiger partial charge in [0.25, 0.3) is 0 Å². The van der Waals surface area contributed by atoms with Crippen LogP contribution in [0, 0.1) is 0 Å². The number of rotatable bonds is 9. The fourth-order valence-electron chi connectivity index (χ4n) is 2.78. The summed E-state index contributed by atoms with van der Waals surface area (Å²) in [6.07, 6.45) is 5.55. The van der Waals surface area contributed by atoms with Crippen molar-refractivity contribution in [3.05, 3.63) is 53.7 Å². The van der Waals surface area contributed by atoms with E-state index in [1.54, 1.807) is 50.5 Å². The van der Waals surface area contributed by atoms with Gasteiger partial charge in [-0.3, -0.25) is 9.36 Å². The molecule has 0 aliphatic rings. The third-order valence-corrected chi connectivity index (χ3v) is 4.53. The van der Waals surface area contributed by atoms with Gasteiger partial charge in [0.2, 0.25) is 11.9 Å². The number of nitrogens with one attached hydrogen (secondary N) is 2. The minimum atomic E-state index is -0.517. The largest absolute Gasteiger partial charge is 0.493 e. The molecule has 2 heterocycles. The number of amides is 1. The molecular weight excluding hydrogens is 408 g/mol. The van der Waals surface area contributed by atoms with Crippen LogP contribution in [-0.4, -0.2) is 52.2 Å². The van der Waals surface area contributed by atoms with Gasteiger partial charge in [0.1, 0.15) is 23.3 Å². The summed E-state index contributed by atoms with van der Waals surface area (Å²) >= 11 is 6.08. The maximum Gasteiger partial charge on any atom is 0.242 e. The van der Waals surface area contributed by atoms with Crippen LogP contribution >= 0.6 is 11.6 Å². The van der Waals surface area contributed by atoms with Gasteiger partial charge < -0.3 is 20.1 Å². The molecular formula is C20H23ClN6O3. The SMILES string of the molecule is COc1ccc(CCNC(=O)C(C)Nc2cc(Cl)nc(-n3ccnc3)n2)cc1OC. The molecule has 0 saturated heterocycles. The average molecular weight is 431 g/mol. The molecule has 3 aromatic rings. The van der Waals surface area contributed by atoms with Crippen molar-refractivity contribution < 1.29 is 14.3 Å². The Morgan fingerprint density at radius 1 is 1.20 bits per heavy atom. The van der Waals surface area contributed by atoms with Crippen molar-refractivity contribution in [1.82, 2.24) is 24.8 Å². The van der Waals surface area contributed by atoms with E-state index in [2.05, 4.69) is 25.6 Å². The zero-order valence-corrected chi connectivity index (χ0v) is 17.7. The third kappa shape index (κ3) is 5.38. The third-order valence-electron chi connectivity index (χ3n) is 4.34.